The van der Waals surface area contributed by atoms with Gasteiger partial charge in [-0.1, -0.05) is 34.1 Å². The number of hydrogen-bond donors (Lipinski definition) is 0. The minimum absolute atomic E-state index is 0.0520. The first-order chi connectivity index (χ1) is 9.47. The predicted molar refractivity (Wildman–Crippen MR) is 84.1 cm³/mol. The summed E-state index contributed by atoms with van der Waals surface area (Å²) in [5.74, 6) is 0.658. The third kappa shape index (κ3) is 3.60. The summed E-state index contributed by atoms with van der Waals surface area (Å²) in [4.78, 5) is 0.0520. The van der Waals surface area contributed by atoms with Crippen molar-refractivity contribution in [3.8, 4) is 5.75 Å². The van der Waals surface area contributed by atoms with Gasteiger partial charge in [-0.15, -0.1) is 0 Å². The van der Waals surface area contributed by atoms with Crippen molar-refractivity contribution in [2.45, 2.75) is 31.7 Å². The molecule has 0 radical (unpaired) electrons. The van der Waals surface area contributed by atoms with Gasteiger partial charge in [-0.2, -0.15) is 0 Å². The maximum Gasteiger partial charge on any atom is 0.123 e. The fraction of sp³-hybridized carbons (Fsp3) is 0.294. The Morgan fingerprint density at radius 1 is 1.05 bits per heavy atom. The molecule has 2 aromatic rings. The van der Waals surface area contributed by atoms with Crippen LogP contribution in [-0.2, 0) is 0 Å². The highest BCUT2D eigenvalue weighted by atomic mass is 79.9. The van der Waals surface area contributed by atoms with Crippen LogP contribution in [0, 0.1) is 12.7 Å². The number of aryl methyl sites for hydroxylation is 1. The van der Waals surface area contributed by atoms with Gasteiger partial charge in [0.1, 0.15) is 11.6 Å². The molecule has 2 rings (SSSR count). The first-order valence-corrected chi connectivity index (χ1v) is 7.55. The molecule has 0 saturated heterocycles. The molecule has 2 aromatic carbocycles. The van der Waals surface area contributed by atoms with E-state index in [1.807, 2.05) is 51.1 Å². The van der Waals surface area contributed by atoms with Gasteiger partial charge in [0, 0.05) is 0 Å². The number of hydrogen-bond acceptors (Lipinski definition) is 1. The number of ether oxygens (including phenoxy) is 1. The Balaban J connectivity index is 2.22. The molecule has 0 N–H and O–H groups in total. The van der Waals surface area contributed by atoms with Crippen LogP contribution in [0.1, 0.15) is 35.4 Å². The highest BCUT2D eigenvalue weighted by Crippen LogP contribution is 2.33. The Morgan fingerprint density at radius 3 is 2.25 bits per heavy atom. The van der Waals surface area contributed by atoms with Crippen LogP contribution in [0.25, 0.3) is 0 Å². The van der Waals surface area contributed by atoms with Gasteiger partial charge in [0.2, 0.25) is 0 Å². The van der Waals surface area contributed by atoms with Crippen molar-refractivity contribution in [3.63, 3.8) is 0 Å². The molecule has 1 unspecified atom stereocenters. The zero-order valence-electron chi connectivity index (χ0n) is 11.9. The summed E-state index contributed by atoms with van der Waals surface area (Å²) in [6.07, 6.45) is 0.167. The lowest BCUT2D eigenvalue weighted by molar-refractivity contribution is 0.242. The SMILES string of the molecule is Cc1cc(F)ccc1C(Br)c1ccc(OC(C)C)cc1. The standard InChI is InChI=1S/C17H18BrFO/c1-11(2)20-15-7-4-13(5-8-15)17(18)16-9-6-14(19)10-12(16)3/h4-11,17H,1-3H3. The van der Waals surface area contributed by atoms with E-state index in [-0.39, 0.29) is 16.7 Å². The van der Waals surface area contributed by atoms with Crippen LogP contribution in [0.4, 0.5) is 4.39 Å². The van der Waals surface area contributed by atoms with Gasteiger partial charge >= 0.3 is 0 Å². The van der Waals surface area contributed by atoms with E-state index in [2.05, 4.69) is 15.9 Å². The lowest BCUT2D eigenvalue weighted by Crippen LogP contribution is -2.05. The molecule has 1 atom stereocenters. The molecule has 106 valence electrons. The summed E-state index contributed by atoms with van der Waals surface area (Å²) in [5, 5.41) is 0. The van der Waals surface area contributed by atoms with E-state index in [0.29, 0.717) is 0 Å². The van der Waals surface area contributed by atoms with E-state index in [0.717, 1.165) is 22.4 Å². The Morgan fingerprint density at radius 2 is 1.70 bits per heavy atom. The van der Waals surface area contributed by atoms with Crippen molar-refractivity contribution in [2.24, 2.45) is 0 Å². The smallest absolute Gasteiger partial charge is 0.123 e. The topological polar surface area (TPSA) is 9.23 Å². The molecule has 0 heterocycles. The summed E-state index contributed by atoms with van der Waals surface area (Å²) in [6, 6.07) is 12.8. The third-order valence-electron chi connectivity index (χ3n) is 3.05. The highest BCUT2D eigenvalue weighted by Gasteiger charge is 2.13. The molecule has 3 heteroatoms. The van der Waals surface area contributed by atoms with Crippen LogP contribution >= 0.6 is 15.9 Å². The average molecular weight is 337 g/mol. The largest absolute Gasteiger partial charge is 0.491 e. The number of rotatable bonds is 4. The van der Waals surface area contributed by atoms with Gasteiger partial charge in [-0.3, -0.25) is 0 Å². The van der Waals surface area contributed by atoms with E-state index >= 15 is 0 Å². The summed E-state index contributed by atoms with van der Waals surface area (Å²) in [6.45, 7) is 5.93. The van der Waals surface area contributed by atoms with E-state index in [4.69, 9.17) is 4.74 Å². The predicted octanol–water partition coefficient (Wildman–Crippen LogP) is 5.41. The monoisotopic (exact) mass is 336 g/mol. The molecule has 0 fully saturated rings. The molecule has 0 spiro atoms. The van der Waals surface area contributed by atoms with Crippen molar-refractivity contribution in [1.82, 2.24) is 0 Å². The van der Waals surface area contributed by atoms with Crippen LogP contribution < -0.4 is 4.74 Å². The zero-order valence-corrected chi connectivity index (χ0v) is 13.4. The molecule has 1 nitrogen and oxygen atoms in total. The van der Waals surface area contributed by atoms with Crippen LogP contribution in [0.2, 0.25) is 0 Å². The van der Waals surface area contributed by atoms with Crippen molar-refractivity contribution in [2.75, 3.05) is 0 Å². The molecule has 20 heavy (non-hydrogen) atoms. The summed E-state index contributed by atoms with van der Waals surface area (Å²) < 4.78 is 18.8. The minimum atomic E-state index is -0.202. The molecular weight excluding hydrogens is 319 g/mol. The number of benzene rings is 2. The molecule has 0 aliphatic heterocycles. The Hall–Kier alpha value is -1.35. The van der Waals surface area contributed by atoms with Crippen molar-refractivity contribution in [1.29, 1.82) is 0 Å². The first-order valence-electron chi connectivity index (χ1n) is 6.64. The lowest BCUT2D eigenvalue weighted by Gasteiger charge is -2.15. The second-order valence-electron chi connectivity index (χ2n) is 5.10. The Labute approximate surface area is 127 Å². The Bertz CT molecular complexity index is 578. The quantitative estimate of drug-likeness (QED) is 0.678. The van der Waals surface area contributed by atoms with Gasteiger partial charge in [0.25, 0.3) is 0 Å². The zero-order chi connectivity index (χ0) is 14.7. The normalized spacial score (nSPS) is 12.5. The second-order valence-corrected chi connectivity index (χ2v) is 6.01. The van der Waals surface area contributed by atoms with Gasteiger partial charge < -0.3 is 4.74 Å². The van der Waals surface area contributed by atoms with Crippen LogP contribution in [-0.4, -0.2) is 6.10 Å². The van der Waals surface area contributed by atoms with Crippen molar-refractivity contribution >= 4 is 15.9 Å². The number of halogens is 2. The fourth-order valence-corrected chi connectivity index (χ4v) is 2.91. The van der Waals surface area contributed by atoms with Gasteiger partial charge in [-0.25, -0.2) is 4.39 Å². The lowest BCUT2D eigenvalue weighted by atomic mass is 10.0. The molecule has 0 aliphatic rings. The van der Waals surface area contributed by atoms with Crippen LogP contribution in [0.15, 0.2) is 42.5 Å². The Kier molecular flexibility index (Phi) is 4.81. The number of alkyl halides is 1. The van der Waals surface area contributed by atoms with Gasteiger partial charge in [0.15, 0.2) is 0 Å². The van der Waals surface area contributed by atoms with E-state index < -0.39 is 0 Å². The molecule has 0 bridgehead atoms. The van der Waals surface area contributed by atoms with E-state index in [1.165, 1.54) is 6.07 Å². The molecular formula is C17H18BrFO. The first kappa shape index (κ1) is 15.0. The maximum atomic E-state index is 13.2. The molecule has 0 saturated carbocycles. The second kappa shape index (κ2) is 6.40. The maximum absolute atomic E-state index is 13.2. The summed E-state index contributed by atoms with van der Waals surface area (Å²) in [7, 11) is 0. The summed E-state index contributed by atoms with van der Waals surface area (Å²) >= 11 is 3.68. The van der Waals surface area contributed by atoms with Gasteiger partial charge in [-0.05, 0) is 61.7 Å². The molecule has 0 aliphatic carbocycles. The van der Waals surface area contributed by atoms with Gasteiger partial charge in [0.05, 0.1) is 10.9 Å². The highest BCUT2D eigenvalue weighted by molar-refractivity contribution is 9.09. The van der Waals surface area contributed by atoms with E-state index in [1.54, 1.807) is 6.07 Å². The molecule has 0 amide bonds. The summed E-state index contributed by atoms with van der Waals surface area (Å²) in [5.41, 5.74) is 3.13. The average Bonchev–Trinajstić information content (AvgIpc) is 2.38. The van der Waals surface area contributed by atoms with Crippen LogP contribution in [0.5, 0.6) is 5.75 Å². The van der Waals surface area contributed by atoms with Crippen molar-refractivity contribution < 1.29 is 9.13 Å². The van der Waals surface area contributed by atoms with Crippen molar-refractivity contribution in [3.05, 3.63) is 65.0 Å². The van der Waals surface area contributed by atoms with Crippen LogP contribution in [0.3, 0.4) is 0 Å². The fourth-order valence-electron chi connectivity index (χ4n) is 2.09. The minimum Gasteiger partial charge on any atom is -0.491 e. The van der Waals surface area contributed by atoms with E-state index in [9.17, 15) is 4.39 Å². The third-order valence-corrected chi connectivity index (χ3v) is 4.07. The molecule has 0 aromatic heterocycles.